The average molecular weight is 344 g/mol. The number of sulfonamides is 1. The molecule has 0 aliphatic rings. The van der Waals surface area contributed by atoms with Gasteiger partial charge < -0.3 is 5.32 Å². The number of benzene rings is 2. The Kier molecular flexibility index (Phi) is 5.41. The van der Waals surface area contributed by atoms with E-state index in [1.807, 2.05) is 26.0 Å². The monoisotopic (exact) mass is 344 g/mol. The van der Waals surface area contributed by atoms with Gasteiger partial charge in [0.1, 0.15) is 0 Å². The minimum absolute atomic E-state index is 0.167. The molecule has 5 nitrogen and oxygen atoms in total. The summed E-state index contributed by atoms with van der Waals surface area (Å²) in [5.41, 5.74) is 3.14. The Morgan fingerprint density at radius 1 is 1.04 bits per heavy atom. The van der Waals surface area contributed by atoms with E-state index in [1.54, 1.807) is 31.3 Å². The first-order chi connectivity index (χ1) is 11.3. The summed E-state index contributed by atoms with van der Waals surface area (Å²) in [6.45, 7) is 3.76. The molecule has 0 aliphatic heterocycles. The fourth-order valence-electron chi connectivity index (χ4n) is 2.06. The molecule has 2 N–H and O–H groups in total. The third kappa shape index (κ3) is 4.45. The maximum absolute atomic E-state index is 12.5. The second kappa shape index (κ2) is 7.31. The minimum atomic E-state index is -3.66. The van der Waals surface area contributed by atoms with Crippen molar-refractivity contribution in [2.45, 2.75) is 18.7 Å². The van der Waals surface area contributed by atoms with Gasteiger partial charge >= 0.3 is 0 Å². The number of rotatable bonds is 5. The van der Waals surface area contributed by atoms with Gasteiger partial charge in [-0.15, -0.1) is 0 Å². The van der Waals surface area contributed by atoms with Crippen molar-refractivity contribution in [1.29, 1.82) is 0 Å². The molecule has 2 aromatic rings. The quantitative estimate of drug-likeness (QED) is 0.819. The zero-order valence-corrected chi connectivity index (χ0v) is 14.6. The number of carbonyl (C=O) groups excluding carboxylic acids is 1. The Bertz CT molecular complexity index is 870. The van der Waals surface area contributed by atoms with Crippen LogP contribution in [0, 0.1) is 13.8 Å². The predicted octanol–water partition coefficient (Wildman–Crippen LogP) is 2.86. The lowest BCUT2D eigenvalue weighted by atomic mass is 10.1. The minimum Gasteiger partial charge on any atom is -0.356 e. The second-order valence-corrected chi connectivity index (χ2v) is 7.12. The van der Waals surface area contributed by atoms with E-state index in [0.717, 1.165) is 16.7 Å². The van der Waals surface area contributed by atoms with Gasteiger partial charge in [0.05, 0.1) is 10.6 Å². The predicted molar refractivity (Wildman–Crippen MR) is 96.3 cm³/mol. The molecule has 0 unspecified atom stereocenters. The van der Waals surface area contributed by atoms with E-state index >= 15 is 0 Å². The second-order valence-electron chi connectivity index (χ2n) is 5.44. The highest BCUT2D eigenvalue weighted by Gasteiger charge is 2.15. The molecular weight excluding hydrogens is 324 g/mol. The number of likely N-dealkylation sites (N-methyl/N-ethyl adjacent to an activating group) is 1. The number of nitrogens with one attached hydrogen (secondary N) is 2. The molecular formula is C18H20N2O3S. The number of carbonyl (C=O) groups is 1. The van der Waals surface area contributed by atoms with Crippen LogP contribution in [0.5, 0.6) is 0 Å². The Morgan fingerprint density at radius 2 is 1.71 bits per heavy atom. The Morgan fingerprint density at radius 3 is 2.33 bits per heavy atom. The first-order valence-corrected chi connectivity index (χ1v) is 8.90. The lowest BCUT2D eigenvalue weighted by molar-refractivity contribution is -0.115. The van der Waals surface area contributed by atoms with Crippen LogP contribution < -0.4 is 10.0 Å². The maximum Gasteiger partial charge on any atom is 0.261 e. The van der Waals surface area contributed by atoms with Crippen LogP contribution in [0.4, 0.5) is 5.69 Å². The van der Waals surface area contributed by atoms with Gasteiger partial charge in [0.15, 0.2) is 0 Å². The van der Waals surface area contributed by atoms with Crippen LogP contribution in [0.3, 0.4) is 0 Å². The van der Waals surface area contributed by atoms with E-state index < -0.39 is 10.0 Å². The zero-order chi connectivity index (χ0) is 17.7. The normalized spacial score (nSPS) is 11.5. The molecule has 0 bridgehead atoms. The van der Waals surface area contributed by atoms with Crippen LogP contribution in [-0.4, -0.2) is 21.4 Å². The molecule has 0 saturated carbocycles. The summed E-state index contributed by atoms with van der Waals surface area (Å²) in [6.07, 6.45) is 3.01. The van der Waals surface area contributed by atoms with Crippen molar-refractivity contribution in [2.24, 2.45) is 0 Å². The van der Waals surface area contributed by atoms with Crippen LogP contribution >= 0.6 is 0 Å². The molecule has 24 heavy (non-hydrogen) atoms. The Hall–Kier alpha value is -2.60. The number of anilines is 1. The Labute approximate surface area is 142 Å². The molecule has 0 aliphatic carbocycles. The highest BCUT2D eigenvalue weighted by atomic mass is 32.2. The summed E-state index contributed by atoms with van der Waals surface area (Å²) in [5, 5.41) is 2.48. The third-order valence-corrected chi connectivity index (χ3v) is 4.88. The van der Waals surface area contributed by atoms with Crippen LogP contribution in [0.25, 0.3) is 6.08 Å². The third-order valence-electron chi connectivity index (χ3n) is 3.50. The van der Waals surface area contributed by atoms with E-state index in [-0.39, 0.29) is 10.8 Å². The zero-order valence-electron chi connectivity index (χ0n) is 13.8. The van der Waals surface area contributed by atoms with Crippen molar-refractivity contribution < 1.29 is 13.2 Å². The van der Waals surface area contributed by atoms with Gasteiger partial charge in [-0.2, -0.15) is 0 Å². The van der Waals surface area contributed by atoms with Crippen LogP contribution in [0.15, 0.2) is 53.4 Å². The first kappa shape index (κ1) is 17.7. The fraction of sp³-hybridized carbons (Fsp3) is 0.167. The van der Waals surface area contributed by atoms with Crippen molar-refractivity contribution in [3.63, 3.8) is 0 Å². The molecule has 2 aromatic carbocycles. The molecule has 0 aromatic heterocycles. The lowest BCUT2D eigenvalue weighted by Gasteiger charge is -2.11. The lowest BCUT2D eigenvalue weighted by Crippen LogP contribution is -2.14. The van der Waals surface area contributed by atoms with E-state index in [1.165, 1.54) is 18.2 Å². The van der Waals surface area contributed by atoms with Crippen molar-refractivity contribution in [3.8, 4) is 0 Å². The van der Waals surface area contributed by atoms with E-state index in [4.69, 9.17) is 0 Å². The summed E-state index contributed by atoms with van der Waals surface area (Å²) in [6, 6.07) is 11.9. The van der Waals surface area contributed by atoms with Crippen LogP contribution in [0.2, 0.25) is 0 Å². The van der Waals surface area contributed by atoms with Gasteiger partial charge in [-0.1, -0.05) is 24.3 Å². The van der Waals surface area contributed by atoms with Gasteiger partial charge in [0, 0.05) is 13.1 Å². The van der Waals surface area contributed by atoms with Crippen LogP contribution in [-0.2, 0) is 14.8 Å². The molecule has 0 saturated heterocycles. The molecule has 126 valence electrons. The summed E-state index contributed by atoms with van der Waals surface area (Å²) in [4.78, 5) is 11.3. The number of aryl methyl sites for hydroxylation is 2. The highest BCUT2D eigenvalue weighted by molar-refractivity contribution is 7.92. The molecule has 0 heterocycles. The summed E-state index contributed by atoms with van der Waals surface area (Å²) in [7, 11) is -2.12. The Balaban J connectivity index is 2.22. The van der Waals surface area contributed by atoms with E-state index in [0.29, 0.717) is 5.69 Å². The SMILES string of the molecule is CNC(=O)/C=C/c1ccc(S(=O)(=O)Nc2cc(C)ccc2C)cc1. The summed E-state index contributed by atoms with van der Waals surface area (Å²) in [5.74, 6) is -0.219. The van der Waals surface area contributed by atoms with E-state index in [9.17, 15) is 13.2 Å². The number of hydrogen-bond donors (Lipinski definition) is 2. The number of hydrogen-bond acceptors (Lipinski definition) is 3. The van der Waals surface area contributed by atoms with Gasteiger partial charge in [0.2, 0.25) is 5.91 Å². The van der Waals surface area contributed by atoms with E-state index in [2.05, 4.69) is 10.0 Å². The molecule has 0 atom stereocenters. The van der Waals surface area contributed by atoms with Crippen LogP contribution in [0.1, 0.15) is 16.7 Å². The first-order valence-electron chi connectivity index (χ1n) is 7.42. The van der Waals surface area contributed by atoms with Gasteiger partial charge in [0.25, 0.3) is 10.0 Å². The van der Waals surface area contributed by atoms with Crippen molar-refractivity contribution in [3.05, 3.63) is 65.2 Å². The smallest absolute Gasteiger partial charge is 0.261 e. The van der Waals surface area contributed by atoms with Gasteiger partial charge in [-0.05, 0) is 54.8 Å². The topological polar surface area (TPSA) is 75.3 Å². The summed E-state index contributed by atoms with van der Waals surface area (Å²) >= 11 is 0. The fourth-order valence-corrected chi connectivity index (χ4v) is 3.18. The largest absolute Gasteiger partial charge is 0.356 e. The standard InChI is InChI=1S/C18H20N2O3S/c1-13-4-5-14(2)17(12-13)20-24(22,23)16-9-6-15(7-10-16)8-11-18(21)19-3/h4-12,20H,1-3H3,(H,19,21)/b11-8+. The maximum atomic E-state index is 12.5. The van der Waals surface area contributed by atoms with Gasteiger partial charge in [-0.3, -0.25) is 9.52 Å². The average Bonchev–Trinajstić information content (AvgIpc) is 2.56. The molecule has 0 spiro atoms. The van der Waals surface area contributed by atoms with Crippen molar-refractivity contribution in [1.82, 2.24) is 5.32 Å². The van der Waals surface area contributed by atoms with Gasteiger partial charge in [-0.25, -0.2) is 8.42 Å². The summed E-state index contributed by atoms with van der Waals surface area (Å²) < 4.78 is 27.6. The molecule has 1 amide bonds. The molecule has 0 radical (unpaired) electrons. The van der Waals surface area contributed by atoms with Crippen molar-refractivity contribution in [2.75, 3.05) is 11.8 Å². The highest BCUT2D eigenvalue weighted by Crippen LogP contribution is 2.21. The molecule has 0 fully saturated rings. The molecule has 6 heteroatoms. The van der Waals surface area contributed by atoms with Crippen molar-refractivity contribution >= 4 is 27.7 Å². The number of amides is 1. The molecule has 2 rings (SSSR count).